The predicted octanol–water partition coefficient (Wildman–Crippen LogP) is 25.1. The van der Waals surface area contributed by atoms with Gasteiger partial charge in [-0.15, -0.1) is 20.4 Å². The summed E-state index contributed by atoms with van der Waals surface area (Å²) in [4.78, 5) is 23.5. The minimum absolute atomic E-state index is 0.547. The average molecular weight is 1490 g/mol. The van der Waals surface area contributed by atoms with E-state index in [2.05, 4.69) is 294 Å². The van der Waals surface area contributed by atoms with Crippen LogP contribution in [0.4, 0.5) is 0 Å². The molecule has 0 atom stereocenters. The van der Waals surface area contributed by atoms with Crippen molar-refractivity contribution in [2.75, 3.05) is 0 Å². The van der Waals surface area contributed by atoms with E-state index in [0.29, 0.717) is 23.4 Å². The number of hydrogen-bond acceptors (Lipinski definition) is 10. The van der Waals surface area contributed by atoms with Gasteiger partial charge in [-0.3, -0.25) is 13.7 Å². The Hall–Kier alpha value is -15.2. The van der Waals surface area contributed by atoms with Crippen LogP contribution >= 0.6 is 0 Å². The minimum Gasteiger partial charge on any atom is -0.416 e. The van der Waals surface area contributed by atoms with Crippen LogP contribution in [0.5, 0.6) is 0 Å². The van der Waals surface area contributed by atoms with E-state index in [9.17, 15) is 0 Å². The largest absolute Gasteiger partial charge is 0.416 e. The summed E-state index contributed by atoms with van der Waals surface area (Å²) in [6.45, 7) is 10.2. The lowest BCUT2D eigenvalue weighted by Crippen LogP contribution is -2.00. The van der Waals surface area contributed by atoms with E-state index < -0.39 is 0 Å². The maximum Gasteiger partial charge on any atom is 0.248 e. The van der Waals surface area contributed by atoms with Gasteiger partial charge in [-0.1, -0.05) is 338 Å². The van der Waals surface area contributed by atoms with Gasteiger partial charge in [-0.25, -0.2) is 24.9 Å². The van der Waals surface area contributed by atoms with Crippen molar-refractivity contribution in [2.24, 2.45) is 0 Å². The number of imidazole rings is 2. The predicted molar refractivity (Wildman–Crippen MR) is 469 cm³/mol. The molecule has 21 rings (SSSR count). The standard InChI is InChI=1S/C28H20N2.C22H16N2.C21H17N3.C16H13N3.C15H12N2O/c1-19-15-17-20(18-16-19)28-29-26-24-13-7-5-11-22(24)23-12-6-8-14-25(23)27(26)30(28)21-9-3-2-4-10-21;1-15-23-21-19-13-7-5-11-17(19)18-12-6-8-14-20(18)22(21)24(15)16-9-3-2-4-10-16;1-16-12-14-18(15-13-16)21-23-22-20(17-8-4-2-5-9-17)24(21)19-10-6-3-7-11-19;1-12-17-15(13-8-4-2-5-9-13)19-16(18-12)14-10-6-3-7-11-14;1-11-7-9-13(10-8-11)15-17-16-14(18-15)12-5-3-2-4-6-12/h2-18H,1H3;2-14H,1H3;2-15H,1H3;2-11H,1H3;2-10H,1H3. The summed E-state index contributed by atoms with van der Waals surface area (Å²) in [7, 11) is 0. The van der Waals surface area contributed by atoms with Crippen LogP contribution in [0.3, 0.4) is 0 Å². The third kappa shape index (κ3) is 15.4. The summed E-state index contributed by atoms with van der Waals surface area (Å²) in [5.41, 5.74) is 18.6. The molecule has 13 nitrogen and oxygen atoms in total. The van der Waals surface area contributed by atoms with Crippen molar-refractivity contribution in [3.63, 3.8) is 0 Å². The van der Waals surface area contributed by atoms with Crippen molar-refractivity contribution < 1.29 is 4.42 Å². The maximum atomic E-state index is 5.67. The van der Waals surface area contributed by atoms with Crippen molar-refractivity contribution in [1.82, 2.24) is 59.0 Å². The van der Waals surface area contributed by atoms with Crippen LogP contribution in [0.2, 0.25) is 0 Å². The highest BCUT2D eigenvalue weighted by Crippen LogP contribution is 2.41. The third-order valence-electron chi connectivity index (χ3n) is 20.1. The van der Waals surface area contributed by atoms with Gasteiger partial charge in [-0.05, 0) is 117 Å². The second-order valence-corrected chi connectivity index (χ2v) is 28.0. The number of benzene rings is 16. The summed E-state index contributed by atoms with van der Waals surface area (Å²) in [5.74, 6) is 6.93. The normalized spacial score (nSPS) is 11.0. The van der Waals surface area contributed by atoms with Gasteiger partial charge in [0.05, 0.1) is 22.1 Å². The van der Waals surface area contributed by atoms with Gasteiger partial charge in [0.1, 0.15) is 17.5 Å². The van der Waals surface area contributed by atoms with E-state index in [4.69, 9.17) is 14.4 Å². The lowest BCUT2D eigenvalue weighted by Gasteiger charge is -2.12. The zero-order valence-electron chi connectivity index (χ0n) is 64.1. The molecule has 0 aliphatic heterocycles. The molecule has 0 saturated carbocycles. The highest BCUT2D eigenvalue weighted by molar-refractivity contribution is 6.25. The van der Waals surface area contributed by atoms with E-state index in [1.807, 2.05) is 172 Å². The van der Waals surface area contributed by atoms with Gasteiger partial charge < -0.3 is 4.42 Å². The van der Waals surface area contributed by atoms with Gasteiger partial charge >= 0.3 is 0 Å². The molecular formula is C102H78N12O. The van der Waals surface area contributed by atoms with E-state index in [1.54, 1.807) is 0 Å². The third-order valence-corrected chi connectivity index (χ3v) is 20.1. The van der Waals surface area contributed by atoms with Crippen LogP contribution in [0.25, 0.3) is 162 Å². The Morgan fingerprint density at radius 3 is 0.913 bits per heavy atom. The van der Waals surface area contributed by atoms with Gasteiger partial charge in [0.15, 0.2) is 23.3 Å². The Morgan fingerprint density at radius 1 is 0.209 bits per heavy atom. The minimum atomic E-state index is 0.547. The number of fused-ring (bicyclic) bond motifs is 12. The molecule has 0 unspecified atom stereocenters. The molecule has 0 amide bonds. The molecule has 0 bridgehead atoms. The Labute approximate surface area is 666 Å². The fourth-order valence-electron chi connectivity index (χ4n) is 14.6. The number of nitrogens with zero attached hydrogens (tertiary/aromatic N) is 12. The first-order valence-electron chi connectivity index (χ1n) is 38.3. The van der Waals surface area contributed by atoms with E-state index in [-0.39, 0.29) is 0 Å². The maximum absolute atomic E-state index is 5.67. The van der Waals surface area contributed by atoms with Crippen LogP contribution in [-0.2, 0) is 0 Å². The number of aryl methyl sites for hydroxylation is 5. The molecule has 21 aromatic rings. The average Bonchev–Trinajstić information content (AvgIpc) is 1.59. The molecule has 0 N–H and O–H groups in total. The van der Waals surface area contributed by atoms with Crippen LogP contribution in [0.15, 0.2) is 387 Å². The van der Waals surface area contributed by atoms with Gasteiger partial charge in [0, 0.05) is 77.6 Å². The number of para-hydroxylation sites is 3. The van der Waals surface area contributed by atoms with Crippen molar-refractivity contribution in [2.45, 2.75) is 34.6 Å². The fourth-order valence-corrected chi connectivity index (χ4v) is 14.6. The quantitative estimate of drug-likeness (QED) is 0.121. The molecule has 552 valence electrons. The molecule has 13 heteroatoms. The van der Waals surface area contributed by atoms with Crippen molar-refractivity contribution in [1.29, 1.82) is 0 Å². The van der Waals surface area contributed by atoms with Crippen LogP contribution in [0, 0.1) is 34.6 Å². The molecule has 5 aromatic heterocycles. The first-order valence-corrected chi connectivity index (χ1v) is 38.3. The highest BCUT2D eigenvalue weighted by atomic mass is 16.4. The topological polar surface area (TPSA) is 144 Å². The zero-order valence-corrected chi connectivity index (χ0v) is 64.1. The molecule has 0 saturated heterocycles. The van der Waals surface area contributed by atoms with E-state index in [0.717, 1.165) is 102 Å². The lowest BCUT2D eigenvalue weighted by molar-refractivity contribution is 0.584. The number of aromatic nitrogens is 12. The van der Waals surface area contributed by atoms with E-state index >= 15 is 0 Å². The number of hydrogen-bond donors (Lipinski definition) is 0. The van der Waals surface area contributed by atoms with Crippen LogP contribution < -0.4 is 0 Å². The van der Waals surface area contributed by atoms with Crippen molar-refractivity contribution in [3.05, 3.63) is 411 Å². The van der Waals surface area contributed by atoms with Crippen molar-refractivity contribution in [3.8, 4) is 96.9 Å². The molecule has 0 aliphatic carbocycles. The highest BCUT2D eigenvalue weighted by Gasteiger charge is 2.22. The summed E-state index contributed by atoms with van der Waals surface area (Å²) in [5, 5.41) is 27.0. The summed E-state index contributed by atoms with van der Waals surface area (Å²) in [6, 6.07) is 131. The number of rotatable bonds is 10. The van der Waals surface area contributed by atoms with E-state index in [1.165, 1.54) is 65.3 Å². The molecule has 16 aromatic carbocycles. The monoisotopic (exact) mass is 1490 g/mol. The Kier molecular flexibility index (Phi) is 20.9. The van der Waals surface area contributed by atoms with Crippen molar-refractivity contribution >= 4 is 65.2 Å². The van der Waals surface area contributed by atoms with Crippen LogP contribution in [0.1, 0.15) is 28.3 Å². The first kappa shape index (κ1) is 72.6. The first-order chi connectivity index (χ1) is 56.6. The molecule has 0 aliphatic rings. The summed E-state index contributed by atoms with van der Waals surface area (Å²) >= 11 is 0. The second kappa shape index (κ2) is 33.2. The zero-order chi connectivity index (χ0) is 78.0. The van der Waals surface area contributed by atoms with Gasteiger partial charge in [0.2, 0.25) is 11.8 Å². The Morgan fingerprint density at radius 2 is 0.496 bits per heavy atom. The summed E-state index contributed by atoms with van der Waals surface area (Å²) in [6.07, 6.45) is 0. The smallest absolute Gasteiger partial charge is 0.248 e. The molecule has 5 heterocycles. The Bertz CT molecular complexity index is 6840. The Balaban J connectivity index is 0.000000105. The summed E-state index contributed by atoms with van der Waals surface area (Å²) < 4.78 is 12.4. The second-order valence-electron chi connectivity index (χ2n) is 28.0. The SMILES string of the molecule is Cc1ccc(-c2nc3c4ccccc4c4ccccc4c3n2-c2ccccc2)cc1.Cc1ccc(-c2nnc(-c3ccccc3)n2-c2ccccc2)cc1.Cc1ccc(-c2nnc(-c3ccccc3)o2)cc1.Cc1nc(-c2ccccc2)nc(-c2ccccc2)n1.Cc1nc2c3ccccc3c3ccccc3c2n1-c1ccccc1. The molecular weight excluding hydrogens is 1410 g/mol. The fraction of sp³-hybridized carbons (Fsp3) is 0.0490. The molecule has 0 radical (unpaired) electrons. The lowest BCUT2D eigenvalue weighted by atomic mass is 10.00. The van der Waals surface area contributed by atoms with Gasteiger partial charge in [0.25, 0.3) is 0 Å². The van der Waals surface area contributed by atoms with Crippen LogP contribution in [-0.4, -0.2) is 59.0 Å². The molecule has 0 fully saturated rings. The van der Waals surface area contributed by atoms with Gasteiger partial charge in [-0.2, -0.15) is 0 Å². The molecule has 0 spiro atoms. The molecule has 115 heavy (non-hydrogen) atoms.